The summed E-state index contributed by atoms with van der Waals surface area (Å²) in [6.45, 7) is 4.25. The average molecular weight is 313 g/mol. The highest BCUT2D eigenvalue weighted by Crippen LogP contribution is 2.18. The van der Waals surface area contributed by atoms with Crippen LogP contribution in [0.1, 0.15) is 25.3 Å². The molecule has 2 rings (SSSR count). The molecule has 0 atom stereocenters. The van der Waals surface area contributed by atoms with Gasteiger partial charge in [0.2, 0.25) is 5.91 Å². The number of nitro benzene ring substituents is 1. The average Bonchev–Trinajstić information content (AvgIpc) is 2.53. The van der Waals surface area contributed by atoms with E-state index in [0.29, 0.717) is 11.6 Å². The normalized spacial score (nSPS) is 10.4. The Labute approximate surface area is 134 Å². The van der Waals surface area contributed by atoms with Gasteiger partial charge in [0, 0.05) is 23.5 Å². The number of nitrogens with zero attached hydrogens (tertiary/aromatic N) is 1. The summed E-state index contributed by atoms with van der Waals surface area (Å²) in [5, 5.41) is 16.4. The molecular formula is C17H19N3O3. The van der Waals surface area contributed by atoms with Crippen LogP contribution in [0.15, 0.2) is 48.5 Å². The summed E-state index contributed by atoms with van der Waals surface area (Å²) in [6.07, 6.45) is 0. The number of hydrogen-bond acceptors (Lipinski definition) is 4. The summed E-state index contributed by atoms with van der Waals surface area (Å²) in [4.78, 5) is 22.2. The van der Waals surface area contributed by atoms with Gasteiger partial charge in [-0.3, -0.25) is 14.9 Å². The molecule has 0 saturated carbocycles. The Hall–Kier alpha value is -2.89. The predicted molar refractivity (Wildman–Crippen MR) is 90.7 cm³/mol. The van der Waals surface area contributed by atoms with Gasteiger partial charge in [0.1, 0.15) is 0 Å². The van der Waals surface area contributed by atoms with Crippen molar-refractivity contribution in [2.45, 2.75) is 19.8 Å². The van der Waals surface area contributed by atoms with Gasteiger partial charge in [-0.15, -0.1) is 0 Å². The Morgan fingerprint density at radius 3 is 2.43 bits per heavy atom. The quantitative estimate of drug-likeness (QED) is 0.628. The monoisotopic (exact) mass is 313 g/mol. The van der Waals surface area contributed by atoms with Crippen LogP contribution in [0.5, 0.6) is 0 Å². The number of hydrogen-bond donors (Lipinski definition) is 2. The predicted octanol–water partition coefficient (Wildman–Crippen LogP) is 3.77. The van der Waals surface area contributed by atoms with Crippen molar-refractivity contribution in [1.82, 2.24) is 0 Å². The lowest BCUT2D eigenvalue weighted by Gasteiger charge is -2.09. The van der Waals surface area contributed by atoms with Gasteiger partial charge in [-0.05, 0) is 29.7 Å². The van der Waals surface area contributed by atoms with Gasteiger partial charge in [-0.25, -0.2) is 0 Å². The summed E-state index contributed by atoms with van der Waals surface area (Å²) in [5.74, 6) is 0.226. The van der Waals surface area contributed by atoms with E-state index in [4.69, 9.17) is 0 Å². The molecule has 0 fully saturated rings. The second-order valence-corrected chi connectivity index (χ2v) is 5.49. The van der Waals surface area contributed by atoms with Crippen LogP contribution in [0.3, 0.4) is 0 Å². The lowest BCUT2D eigenvalue weighted by Crippen LogP contribution is -2.21. The van der Waals surface area contributed by atoms with E-state index in [9.17, 15) is 14.9 Å². The van der Waals surface area contributed by atoms with Gasteiger partial charge < -0.3 is 10.6 Å². The first-order valence-corrected chi connectivity index (χ1v) is 7.34. The molecule has 6 heteroatoms. The summed E-state index contributed by atoms with van der Waals surface area (Å²) in [7, 11) is 0. The maximum absolute atomic E-state index is 11.9. The van der Waals surface area contributed by atoms with Crippen LogP contribution in [0.4, 0.5) is 17.1 Å². The lowest BCUT2D eigenvalue weighted by molar-refractivity contribution is -0.384. The molecule has 0 heterocycles. The number of non-ortho nitro benzene ring substituents is 1. The molecule has 0 aromatic heterocycles. The number of nitrogens with one attached hydrogen (secondary N) is 2. The number of rotatable bonds is 6. The van der Waals surface area contributed by atoms with Crippen LogP contribution in [0.25, 0.3) is 0 Å². The fourth-order valence-electron chi connectivity index (χ4n) is 2.07. The molecule has 2 N–H and O–H groups in total. The highest BCUT2D eigenvalue weighted by molar-refractivity contribution is 5.93. The largest absolute Gasteiger partial charge is 0.376 e. The fourth-order valence-corrected chi connectivity index (χ4v) is 2.07. The minimum Gasteiger partial charge on any atom is -0.376 e. The van der Waals surface area contributed by atoms with Crippen LogP contribution < -0.4 is 10.6 Å². The highest BCUT2D eigenvalue weighted by atomic mass is 16.6. The highest BCUT2D eigenvalue weighted by Gasteiger charge is 2.07. The van der Waals surface area contributed by atoms with E-state index in [1.54, 1.807) is 12.1 Å². The number of benzene rings is 2. The summed E-state index contributed by atoms with van der Waals surface area (Å²) >= 11 is 0. The molecule has 0 bridgehead atoms. The Morgan fingerprint density at radius 2 is 1.83 bits per heavy atom. The van der Waals surface area contributed by atoms with E-state index in [1.165, 1.54) is 17.7 Å². The number of carbonyl (C=O) groups is 1. The first-order chi connectivity index (χ1) is 11.0. The number of anilines is 2. The van der Waals surface area contributed by atoms with Gasteiger partial charge in [0.15, 0.2) is 0 Å². The van der Waals surface area contributed by atoms with Gasteiger partial charge in [-0.2, -0.15) is 0 Å². The number of nitro groups is 1. The van der Waals surface area contributed by atoms with Crippen LogP contribution in [0, 0.1) is 10.1 Å². The van der Waals surface area contributed by atoms with Crippen LogP contribution in [-0.4, -0.2) is 17.4 Å². The zero-order valence-corrected chi connectivity index (χ0v) is 13.1. The Balaban J connectivity index is 1.90. The summed E-state index contributed by atoms with van der Waals surface area (Å²) in [5.41, 5.74) is 2.45. The number of carbonyl (C=O) groups excluding carboxylic acids is 1. The second-order valence-electron chi connectivity index (χ2n) is 5.49. The van der Waals surface area contributed by atoms with Crippen LogP contribution in [0.2, 0.25) is 0 Å². The van der Waals surface area contributed by atoms with E-state index in [-0.39, 0.29) is 18.1 Å². The Bertz CT molecular complexity index is 696. The second kappa shape index (κ2) is 7.40. The van der Waals surface area contributed by atoms with Gasteiger partial charge in [0.05, 0.1) is 11.5 Å². The van der Waals surface area contributed by atoms with E-state index in [1.807, 2.05) is 24.3 Å². The first-order valence-electron chi connectivity index (χ1n) is 7.34. The van der Waals surface area contributed by atoms with Gasteiger partial charge in [0.25, 0.3) is 5.69 Å². The molecular weight excluding hydrogens is 294 g/mol. The molecule has 0 unspecified atom stereocenters. The van der Waals surface area contributed by atoms with Crippen molar-refractivity contribution in [3.05, 3.63) is 64.2 Å². The standard InChI is InChI=1S/C17H19N3O3/c1-12(2)13-6-8-14(9-7-13)19-17(21)11-18-15-4-3-5-16(10-15)20(22)23/h3-10,12,18H,11H2,1-2H3,(H,19,21). The van der Waals surface area contributed by atoms with Gasteiger partial charge in [-0.1, -0.05) is 32.0 Å². The third-order valence-electron chi connectivity index (χ3n) is 3.37. The molecule has 0 aliphatic carbocycles. The molecule has 2 aromatic carbocycles. The van der Waals surface area contributed by atoms with Gasteiger partial charge >= 0.3 is 0 Å². The van der Waals surface area contributed by atoms with E-state index < -0.39 is 4.92 Å². The zero-order chi connectivity index (χ0) is 16.8. The fraction of sp³-hybridized carbons (Fsp3) is 0.235. The third kappa shape index (κ3) is 4.81. The maximum Gasteiger partial charge on any atom is 0.271 e. The van der Waals surface area contributed by atoms with E-state index in [0.717, 1.165) is 5.69 Å². The van der Waals surface area contributed by atoms with Crippen molar-refractivity contribution < 1.29 is 9.72 Å². The van der Waals surface area contributed by atoms with Crippen molar-refractivity contribution in [3.63, 3.8) is 0 Å². The molecule has 0 saturated heterocycles. The Kier molecular flexibility index (Phi) is 5.30. The first kappa shape index (κ1) is 16.5. The molecule has 0 radical (unpaired) electrons. The summed E-state index contributed by atoms with van der Waals surface area (Å²) < 4.78 is 0. The molecule has 23 heavy (non-hydrogen) atoms. The molecule has 0 spiro atoms. The van der Waals surface area contributed by atoms with Crippen molar-refractivity contribution in [2.24, 2.45) is 0 Å². The topological polar surface area (TPSA) is 84.3 Å². The lowest BCUT2D eigenvalue weighted by atomic mass is 10.0. The minimum absolute atomic E-state index is 0.0142. The molecule has 1 amide bonds. The van der Waals surface area contributed by atoms with Crippen molar-refractivity contribution in [3.8, 4) is 0 Å². The Morgan fingerprint density at radius 1 is 1.13 bits per heavy atom. The number of amides is 1. The van der Waals surface area contributed by atoms with Crippen molar-refractivity contribution in [1.29, 1.82) is 0 Å². The molecule has 0 aliphatic heterocycles. The SMILES string of the molecule is CC(C)c1ccc(NC(=O)CNc2cccc([N+](=O)[O-])c2)cc1. The minimum atomic E-state index is -0.471. The third-order valence-corrected chi connectivity index (χ3v) is 3.37. The molecule has 120 valence electrons. The maximum atomic E-state index is 11.9. The molecule has 2 aromatic rings. The smallest absolute Gasteiger partial charge is 0.271 e. The van der Waals surface area contributed by atoms with Crippen LogP contribution >= 0.6 is 0 Å². The molecule has 6 nitrogen and oxygen atoms in total. The van der Waals surface area contributed by atoms with Crippen molar-refractivity contribution in [2.75, 3.05) is 17.2 Å². The van der Waals surface area contributed by atoms with E-state index >= 15 is 0 Å². The van der Waals surface area contributed by atoms with E-state index in [2.05, 4.69) is 24.5 Å². The van der Waals surface area contributed by atoms with Crippen LogP contribution in [-0.2, 0) is 4.79 Å². The van der Waals surface area contributed by atoms with Crippen molar-refractivity contribution >= 4 is 23.0 Å². The summed E-state index contributed by atoms with van der Waals surface area (Å²) in [6, 6.07) is 13.7. The zero-order valence-electron chi connectivity index (χ0n) is 13.1. The molecule has 0 aliphatic rings.